The minimum atomic E-state index is -4.53. The predicted octanol–water partition coefficient (Wildman–Crippen LogP) is 3.64. The number of halogens is 3. The molecule has 0 aliphatic heterocycles. The molecule has 0 fully saturated rings. The Bertz CT molecular complexity index is 909. The summed E-state index contributed by atoms with van der Waals surface area (Å²) < 4.78 is 64.9. The van der Waals surface area contributed by atoms with Crippen molar-refractivity contribution in [2.24, 2.45) is 0 Å². The number of alkyl halides is 3. The van der Waals surface area contributed by atoms with Crippen LogP contribution >= 0.6 is 0 Å². The Morgan fingerprint density at radius 3 is 2.31 bits per heavy atom. The number of rotatable bonds is 5. The Hall–Kier alpha value is -2.39. The second-order valence-corrected chi connectivity index (χ2v) is 7.55. The minimum absolute atomic E-state index is 0.00837. The first-order valence-corrected chi connectivity index (χ1v) is 9.08. The van der Waals surface area contributed by atoms with E-state index in [1.165, 1.54) is 30.3 Å². The summed E-state index contributed by atoms with van der Waals surface area (Å²) >= 11 is 0. The summed E-state index contributed by atoms with van der Waals surface area (Å²) in [6.45, 7) is 3.31. The van der Waals surface area contributed by atoms with Gasteiger partial charge in [0.2, 0.25) is 10.0 Å². The summed E-state index contributed by atoms with van der Waals surface area (Å²) in [5, 5.41) is 2.34. The van der Waals surface area contributed by atoms with Gasteiger partial charge < -0.3 is 5.32 Å². The van der Waals surface area contributed by atoms with Gasteiger partial charge in [0.15, 0.2) is 0 Å². The Kier molecular flexibility index (Phi) is 5.72. The molecule has 0 atom stereocenters. The molecule has 2 N–H and O–H groups in total. The summed E-state index contributed by atoms with van der Waals surface area (Å²) in [7, 11) is -3.79. The monoisotopic (exact) mass is 386 g/mol. The van der Waals surface area contributed by atoms with Crippen LogP contribution in [0.25, 0.3) is 0 Å². The van der Waals surface area contributed by atoms with E-state index in [1.807, 2.05) is 0 Å². The fourth-order valence-corrected chi connectivity index (χ4v) is 3.46. The maximum absolute atomic E-state index is 12.7. The van der Waals surface area contributed by atoms with E-state index in [1.54, 1.807) is 13.8 Å². The van der Waals surface area contributed by atoms with Crippen molar-refractivity contribution >= 4 is 21.6 Å². The van der Waals surface area contributed by atoms with E-state index in [0.29, 0.717) is 0 Å². The molecule has 5 nitrogen and oxygen atoms in total. The van der Waals surface area contributed by atoms with Crippen molar-refractivity contribution in [1.82, 2.24) is 4.72 Å². The van der Waals surface area contributed by atoms with Gasteiger partial charge in [0, 0.05) is 17.3 Å². The third kappa shape index (κ3) is 5.06. The minimum Gasteiger partial charge on any atom is -0.322 e. The second-order valence-electron chi connectivity index (χ2n) is 5.84. The van der Waals surface area contributed by atoms with Crippen LogP contribution in [-0.4, -0.2) is 20.4 Å². The van der Waals surface area contributed by atoms with Crippen LogP contribution in [0.3, 0.4) is 0 Å². The first kappa shape index (κ1) is 19.9. The van der Waals surface area contributed by atoms with Crippen LogP contribution in [0.1, 0.15) is 29.8 Å². The Morgan fingerprint density at radius 2 is 1.69 bits per heavy atom. The third-order valence-electron chi connectivity index (χ3n) is 3.25. The summed E-state index contributed by atoms with van der Waals surface area (Å²) in [4.78, 5) is 12.2. The van der Waals surface area contributed by atoms with Crippen LogP contribution in [-0.2, 0) is 16.2 Å². The molecule has 2 rings (SSSR count). The van der Waals surface area contributed by atoms with Gasteiger partial charge in [0.1, 0.15) is 0 Å². The quantitative estimate of drug-likeness (QED) is 0.824. The number of carbonyl (C=O) groups excluding carboxylic acids is 1. The van der Waals surface area contributed by atoms with Gasteiger partial charge in [-0.25, -0.2) is 13.1 Å². The van der Waals surface area contributed by atoms with Crippen molar-refractivity contribution in [2.45, 2.75) is 31.0 Å². The van der Waals surface area contributed by atoms with Crippen LogP contribution < -0.4 is 10.0 Å². The topological polar surface area (TPSA) is 75.3 Å². The van der Waals surface area contributed by atoms with Crippen LogP contribution in [0, 0.1) is 0 Å². The lowest BCUT2D eigenvalue weighted by atomic mass is 10.1. The van der Waals surface area contributed by atoms with Gasteiger partial charge in [0.25, 0.3) is 5.91 Å². The average molecular weight is 386 g/mol. The largest absolute Gasteiger partial charge is 0.416 e. The number of hydrogen-bond donors (Lipinski definition) is 2. The molecule has 0 aliphatic carbocycles. The molecule has 0 bridgehead atoms. The van der Waals surface area contributed by atoms with Crippen molar-refractivity contribution in [1.29, 1.82) is 0 Å². The van der Waals surface area contributed by atoms with Crippen molar-refractivity contribution in [3.05, 3.63) is 59.7 Å². The fourth-order valence-electron chi connectivity index (χ4n) is 2.16. The number of carbonyl (C=O) groups is 1. The lowest BCUT2D eigenvalue weighted by Gasteiger charge is -2.12. The molecule has 0 radical (unpaired) electrons. The molecule has 0 aromatic heterocycles. The number of anilines is 1. The smallest absolute Gasteiger partial charge is 0.322 e. The van der Waals surface area contributed by atoms with E-state index in [0.717, 1.165) is 18.2 Å². The lowest BCUT2D eigenvalue weighted by Crippen LogP contribution is -2.30. The highest BCUT2D eigenvalue weighted by Crippen LogP contribution is 2.30. The van der Waals surface area contributed by atoms with Crippen molar-refractivity contribution in [3.63, 3.8) is 0 Å². The first-order valence-electron chi connectivity index (χ1n) is 7.60. The highest BCUT2D eigenvalue weighted by molar-refractivity contribution is 7.89. The SMILES string of the molecule is CC(C)NS(=O)(=O)c1cccc(C(=O)Nc2cccc(C(F)(F)F)c2)c1. The van der Waals surface area contributed by atoms with E-state index < -0.39 is 27.7 Å². The van der Waals surface area contributed by atoms with Gasteiger partial charge in [-0.1, -0.05) is 12.1 Å². The molecule has 0 saturated heterocycles. The van der Waals surface area contributed by atoms with Gasteiger partial charge in [-0.05, 0) is 50.2 Å². The van der Waals surface area contributed by atoms with E-state index in [2.05, 4.69) is 10.0 Å². The van der Waals surface area contributed by atoms with Gasteiger partial charge in [0.05, 0.1) is 10.5 Å². The first-order chi connectivity index (χ1) is 12.0. The summed E-state index contributed by atoms with van der Waals surface area (Å²) in [5.74, 6) is -0.717. The molecule has 0 saturated carbocycles. The Labute approximate surface area is 149 Å². The Morgan fingerprint density at radius 1 is 1.04 bits per heavy atom. The van der Waals surface area contributed by atoms with Crippen LogP contribution in [0.5, 0.6) is 0 Å². The summed E-state index contributed by atoms with van der Waals surface area (Å²) in [6, 6.07) is 9.09. The molecule has 2 aromatic rings. The number of nitrogens with one attached hydrogen (secondary N) is 2. The number of sulfonamides is 1. The van der Waals surface area contributed by atoms with Crippen LogP contribution in [0.2, 0.25) is 0 Å². The van der Waals surface area contributed by atoms with Crippen molar-refractivity contribution in [2.75, 3.05) is 5.32 Å². The molecule has 0 aliphatic rings. The van der Waals surface area contributed by atoms with Gasteiger partial charge >= 0.3 is 6.18 Å². The lowest BCUT2D eigenvalue weighted by molar-refractivity contribution is -0.137. The number of benzene rings is 2. The van der Waals surface area contributed by atoms with Crippen molar-refractivity contribution in [3.8, 4) is 0 Å². The second kappa shape index (κ2) is 7.46. The highest BCUT2D eigenvalue weighted by Gasteiger charge is 2.30. The predicted molar refractivity (Wildman–Crippen MR) is 91.3 cm³/mol. The average Bonchev–Trinajstić information content (AvgIpc) is 2.53. The molecule has 9 heteroatoms. The van der Waals surface area contributed by atoms with E-state index >= 15 is 0 Å². The maximum Gasteiger partial charge on any atom is 0.416 e. The fraction of sp³-hybridized carbons (Fsp3) is 0.235. The van der Waals surface area contributed by atoms with Gasteiger partial charge in [-0.15, -0.1) is 0 Å². The van der Waals surface area contributed by atoms with Gasteiger partial charge in [-0.3, -0.25) is 4.79 Å². The molecule has 0 heterocycles. The van der Waals surface area contributed by atoms with Gasteiger partial charge in [-0.2, -0.15) is 13.2 Å². The molecule has 26 heavy (non-hydrogen) atoms. The molecule has 2 aromatic carbocycles. The molecular formula is C17H17F3N2O3S. The Balaban J connectivity index is 2.25. The highest BCUT2D eigenvalue weighted by atomic mass is 32.2. The number of hydrogen-bond acceptors (Lipinski definition) is 3. The zero-order chi connectivity index (χ0) is 19.5. The number of amides is 1. The van der Waals surface area contributed by atoms with E-state index in [9.17, 15) is 26.4 Å². The third-order valence-corrected chi connectivity index (χ3v) is 4.90. The van der Waals surface area contributed by atoms with E-state index in [4.69, 9.17) is 0 Å². The molecule has 1 amide bonds. The molecule has 140 valence electrons. The summed E-state index contributed by atoms with van der Waals surface area (Å²) in [6.07, 6.45) is -4.53. The standard InChI is InChI=1S/C17H17F3N2O3S/c1-11(2)22-26(24,25)15-8-3-5-12(9-15)16(23)21-14-7-4-6-13(10-14)17(18,19)20/h3-11,22H,1-2H3,(H,21,23). The van der Waals surface area contributed by atoms with Crippen LogP contribution in [0.15, 0.2) is 53.4 Å². The normalized spacial score (nSPS) is 12.2. The zero-order valence-corrected chi connectivity index (χ0v) is 14.8. The molecular weight excluding hydrogens is 369 g/mol. The zero-order valence-electron chi connectivity index (χ0n) is 14.0. The van der Waals surface area contributed by atoms with Crippen molar-refractivity contribution < 1.29 is 26.4 Å². The molecule has 0 spiro atoms. The molecule has 0 unspecified atom stereocenters. The maximum atomic E-state index is 12.7. The summed E-state index contributed by atoms with van der Waals surface area (Å²) in [5.41, 5.74) is -0.930. The van der Waals surface area contributed by atoms with Crippen LogP contribution in [0.4, 0.5) is 18.9 Å². The van der Waals surface area contributed by atoms with E-state index in [-0.39, 0.29) is 22.2 Å².